The minimum absolute atomic E-state index is 0.0202. The summed E-state index contributed by atoms with van der Waals surface area (Å²) in [6, 6.07) is 2.31. The van der Waals surface area contributed by atoms with Crippen molar-refractivity contribution in [2.75, 3.05) is 37.0 Å². The van der Waals surface area contributed by atoms with Crippen molar-refractivity contribution in [2.24, 2.45) is 5.84 Å². The van der Waals surface area contributed by atoms with Gasteiger partial charge in [0, 0.05) is 25.7 Å². The molecule has 2 heterocycles. The number of anilines is 2. The fourth-order valence-corrected chi connectivity index (χ4v) is 2.51. The van der Waals surface area contributed by atoms with E-state index < -0.39 is 11.7 Å². The molecular weight excluding hydrogens is 283 g/mol. The zero-order valence-corrected chi connectivity index (χ0v) is 12.1. The maximum Gasteiger partial charge on any atom is 0.416 e. The van der Waals surface area contributed by atoms with E-state index in [4.69, 9.17) is 5.84 Å². The van der Waals surface area contributed by atoms with Crippen LogP contribution in [0.5, 0.6) is 0 Å². The summed E-state index contributed by atoms with van der Waals surface area (Å²) in [6.45, 7) is 4.16. The monoisotopic (exact) mass is 303 g/mol. The number of rotatable bonds is 3. The summed E-state index contributed by atoms with van der Waals surface area (Å²) in [6.07, 6.45) is -3.48. The molecule has 1 fully saturated rings. The molecule has 0 saturated carbocycles. The Balaban J connectivity index is 2.30. The molecule has 0 spiro atoms. The van der Waals surface area contributed by atoms with Crippen molar-refractivity contribution in [3.63, 3.8) is 0 Å². The Morgan fingerprint density at radius 3 is 2.67 bits per heavy atom. The Hall–Kier alpha value is -1.54. The molecular formula is C13H20F3N5. The van der Waals surface area contributed by atoms with Crippen LogP contribution in [0, 0.1) is 0 Å². The van der Waals surface area contributed by atoms with E-state index in [0.29, 0.717) is 24.9 Å². The van der Waals surface area contributed by atoms with Crippen molar-refractivity contribution in [1.82, 2.24) is 9.88 Å². The maximum absolute atomic E-state index is 12.9. The van der Waals surface area contributed by atoms with Gasteiger partial charge in [0.1, 0.15) is 11.6 Å². The van der Waals surface area contributed by atoms with Crippen LogP contribution in [-0.2, 0) is 6.18 Å². The van der Waals surface area contributed by atoms with Crippen molar-refractivity contribution in [3.8, 4) is 0 Å². The van der Waals surface area contributed by atoms with Gasteiger partial charge in [-0.3, -0.25) is 4.90 Å². The van der Waals surface area contributed by atoms with Crippen LogP contribution < -0.4 is 16.2 Å². The number of nitrogen functional groups attached to an aromatic ring is 1. The van der Waals surface area contributed by atoms with Crippen LogP contribution in [-0.4, -0.2) is 42.6 Å². The van der Waals surface area contributed by atoms with E-state index in [0.717, 1.165) is 25.1 Å². The lowest BCUT2D eigenvalue weighted by Crippen LogP contribution is -2.51. The van der Waals surface area contributed by atoms with E-state index in [2.05, 4.69) is 22.2 Å². The zero-order chi connectivity index (χ0) is 15.6. The molecule has 0 aromatic carbocycles. The van der Waals surface area contributed by atoms with Gasteiger partial charge in [0.25, 0.3) is 0 Å². The third-order valence-electron chi connectivity index (χ3n) is 3.86. The van der Waals surface area contributed by atoms with Gasteiger partial charge in [0.2, 0.25) is 0 Å². The van der Waals surface area contributed by atoms with Gasteiger partial charge in [-0.1, -0.05) is 6.92 Å². The first-order valence-electron chi connectivity index (χ1n) is 6.86. The zero-order valence-electron chi connectivity index (χ0n) is 12.1. The quantitative estimate of drug-likeness (QED) is 0.660. The van der Waals surface area contributed by atoms with Crippen LogP contribution in [0.25, 0.3) is 0 Å². The van der Waals surface area contributed by atoms with E-state index in [1.54, 1.807) is 0 Å². The minimum atomic E-state index is -4.42. The van der Waals surface area contributed by atoms with Crippen molar-refractivity contribution in [3.05, 3.63) is 17.7 Å². The molecule has 2 rings (SSSR count). The molecule has 1 unspecified atom stereocenters. The molecule has 3 N–H and O–H groups in total. The Bertz CT molecular complexity index is 491. The first-order chi connectivity index (χ1) is 9.85. The molecule has 0 bridgehead atoms. The molecule has 118 valence electrons. The highest BCUT2D eigenvalue weighted by Crippen LogP contribution is 2.33. The van der Waals surface area contributed by atoms with Crippen molar-refractivity contribution in [2.45, 2.75) is 25.6 Å². The first-order valence-corrected chi connectivity index (χ1v) is 6.86. The predicted molar refractivity (Wildman–Crippen MR) is 76.0 cm³/mol. The van der Waals surface area contributed by atoms with E-state index in [9.17, 15) is 13.2 Å². The molecule has 1 aliphatic heterocycles. The second-order valence-corrected chi connectivity index (χ2v) is 5.23. The third kappa shape index (κ3) is 3.56. The Morgan fingerprint density at radius 1 is 1.38 bits per heavy atom. The standard InChI is InChI=1S/C13H20F3N5/c1-3-10-8-21(5-4-20(10)2)12-7-9(13(14,15)16)6-11(18-12)19-17/h6-7,10H,3-5,8,17H2,1-2H3,(H,18,19). The first kappa shape index (κ1) is 15.8. The number of nitrogens with zero attached hydrogens (tertiary/aromatic N) is 3. The van der Waals surface area contributed by atoms with Gasteiger partial charge in [0.15, 0.2) is 0 Å². The van der Waals surface area contributed by atoms with Crippen LogP contribution in [0.15, 0.2) is 12.1 Å². The highest BCUT2D eigenvalue weighted by molar-refractivity contribution is 5.51. The van der Waals surface area contributed by atoms with E-state index in [1.165, 1.54) is 0 Å². The molecule has 0 amide bonds. The van der Waals surface area contributed by atoms with Crippen LogP contribution in [0.4, 0.5) is 24.8 Å². The molecule has 8 heteroatoms. The Morgan fingerprint density at radius 2 is 2.10 bits per heavy atom. The normalized spacial score (nSPS) is 20.7. The molecule has 1 atom stereocenters. The van der Waals surface area contributed by atoms with E-state index in [1.807, 2.05) is 11.9 Å². The number of piperazine rings is 1. The third-order valence-corrected chi connectivity index (χ3v) is 3.86. The minimum Gasteiger partial charge on any atom is -0.354 e. The molecule has 1 aromatic rings. The smallest absolute Gasteiger partial charge is 0.354 e. The summed E-state index contributed by atoms with van der Waals surface area (Å²) in [7, 11) is 2.03. The predicted octanol–water partition coefficient (Wildman–Crippen LogP) is 1.92. The van der Waals surface area contributed by atoms with Gasteiger partial charge in [-0.15, -0.1) is 0 Å². The SMILES string of the molecule is CCC1CN(c2cc(C(F)(F)F)cc(NN)n2)CCN1C. The molecule has 5 nitrogen and oxygen atoms in total. The van der Waals surface area contributed by atoms with Gasteiger partial charge in [0.05, 0.1) is 5.56 Å². The number of likely N-dealkylation sites (N-methyl/N-ethyl adjacent to an activating group) is 1. The average Bonchev–Trinajstić information content (AvgIpc) is 2.46. The summed E-state index contributed by atoms with van der Waals surface area (Å²) in [5.41, 5.74) is 1.46. The lowest BCUT2D eigenvalue weighted by molar-refractivity contribution is -0.137. The average molecular weight is 303 g/mol. The number of pyridine rings is 1. The topological polar surface area (TPSA) is 57.4 Å². The Kier molecular flexibility index (Phi) is 4.58. The number of nitrogens with one attached hydrogen (secondary N) is 1. The van der Waals surface area contributed by atoms with Gasteiger partial charge in [-0.2, -0.15) is 13.2 Å². The van der Waals surface area contributed by atoms with Crippen LogP contribution in [0.1, 0.15) is 18.9 Å². The van der Waals surface area contributed by atoms with Crippen molar-refractivity contribution < 1.29 is 13.2 Å². The molecule has 1 aliphatic rings. The molecule has 1 saturated heterocycles. The number of nitrogens with two attached hydrogens (primary N) is 1. The van der Waals surface area contributed by atoms with Gasteiger partial charge in [-0.25, -0.2) is 10.8 Å². The summed E-state index contributed by atoms with van der Waals surface area (Å²) in [5, 5.41) is 0. The summed E-state index contributed by atoms with van der Waals surface area (Å²) < 4.78 is 38.8. The number of halogens is 3. The van der Waals surface area contributed by atoms with Crippen LogP contribution in [0.3, 0.4) is 0 Å². The fraction of sp³-hybridized carbons (Fsp3) is 0.615. The molecule has 0 aliphatic carbocycles. The number of hydrazine groups is 1. The largest absolute Gasteiger partial charge is 0.416 e. The number of hydrogen-bond acceptors (Lipinski definition) is 5. The Labute approximate surface area is 121 Å². The van der Waals surface area contributed by atoms with Crippen LogP contribution >= 0.6 is 0 Å². The van der Waals surface area contributed by atoms with Gasteiger partial charge < -0.3 is 10.3 Å². The molecule has 21 heavy (non-hydrogen) atoms. The molecule has 0 radical (unpaired) electrons. The summed E-state index contributed by atoms with van der Waals surface area (Å²) in [5.74, 6) is 5.56. The van der Waals surface area contributed by atoms with Crippen molar-refractivity contribution in [1.29, 1.82) is 0 Å². The summed E-state index contributed by atoms with van der Waals surface area (Å²) in [4.78, 5) is 8.25. The maximum atomic E-state index is 12.9. The fourth-order valence-electron chi connectivity index (χ4n) is 2.51. The highest BCUT2D eigenvalue weighted by atomic mass is 19.4. The second-order valence-electron chi connectivity index (χ2n) is 5.23. The summed E-state index contributed by atoms with van der Waals surface area (Å²) >= 11 is 0. The highest BCUT2D eigenvalue weighted by Gasteiger charge is 2.33. The van der Waals surface area contributed by atoms with Crippen molar-refractivity contribution >= 4 is 11.6 Å². The second kappa shape index (κ2) is 6.07. The number of alkyl halides is 3. The van der Waals surface area contributed by atoms with Crippen LogP contribution in [0.2, 0.25) is 0 Å². The lowest BCUT2D eigenvalue weighted by atomic mass is 10.1. The van der Waals surface area contributed by atoms with Gasteiger partial charge >= 0.3 is 6.18 Å². The number of hydrogen-bond donors (Lipinski definition) is 2. The van der Waals surface area contributed by atoms with E-state index >= 15 is 0 Å². The van der Waals surface area contributed by atoms with Gasteiger partial charge in [-0.05, 0) is 25.6 Å². The molecule has 1 aromatic heterocycles. The lowest BCUT2D eigenvalue weighted by Gasteiger charge is -2.39. The van der Waals surface area contributed by atoms with E-state index in [-0.39, 0.29) is 5.82 Å². The number of aromatic nitrogens is 1.